The second-order valence-corrected chi connectivity index (χ2v) is 4.53. The van der Waals surface area contributed by atoms with Crippen LogP contribution >= 0.6 is 11.8 Å². The fourth-order valence-electron chi connectivity index (χ4n) is 1.37. The number of aryl methyl sites for hydroxylation is 1. The number of hydrogen-bond donors (Lipinski definition) is 1. The Morgan fingerprint density at radius 3 is 2.82 bits per heavy atom. The molecule has 2 rings (SSSR count). The predicted molar refractivity (Wildman–Crippen MR) is 72.0 cm³/mol. The van der Waals surface area contributed by atoms with Gasteiger partial charge in [-0.05, 0) is 5.56 Å². The zero-order valence-electron chi connectivity index (χ0n) is 9.76. The lowest BCUT2D eigenvalue weighted by Crippen LogP contribution is -1.81. The van der Waals surface area contributed by atoms with Gasteiger partial charge in [0.25, 0.3) is 0 Å². The van der Waals surface area contributed by atoms with Crippen LogP contribution in [0.5, 0.6) is 0 Å². The van der Waals surface area contributed by atoms with Crippen LogP contribution in [-0.2, 0) is 6.42 Å². The Balaban J connectivity index is 1.81. The number of aromatic nitrogens is 3. The second kappa shape index (κ2) is 6.25. The van der Waals surface area contributed by atoms with E-state index in [1.807, 2.05) is 18.2 Å². The molecule has 0 aliphatic carbocycles. The predicted octanol–water partition coefficient (Wildman–Crippen LogP) is 3.17. The molecule has 1 aromatic carbocycles. The average Bonchev–Trinajstić information content (AvgIpc) is 2.84. The fourth-order valence-corrected chi connectivity index (χ4v) is 2.00. The van der Waals surface area contributed by atoms with Crippen molar-refractivity contribution in [2.24, 2.45) is 0 Å². The Morgan fingerprint density at radius 1 is 1.29 bits per heavy atom. The fraction of sp³-hybridized carbons (Fsp3) is 0.231. The average molecular weight is 245 g/mol. The standard InChI is InChI=1S/C13H15N3S/c1-2-12-14-13(16-15-12)17-10-6-9-11-7-4-3-5-8-11/h3-9H,2,10H2,1H3,(H,14,15,16). The van der Waals surface area contributed by atoms with Gasteiger partial charge in [-0.15, -0.1) is 5.10 Å². The molecule has 3 nitrogen and oxygen atoms in total. The largest absolute Gasteiger partial charge is 0.262 e. The summed E-state index contributed by atoms with van der Waals surface area (Å²) in [5, 5.41) is 7.85. The third-order valence-electron chi connectivity index (χ3n) is 2.26. The SMILES string of the molecule is CCc1nc(SCC=Cc2ccccc2)n[nH]1. The van der Waals surface area contributed by atoms with E-state index < -0.39 is 0 Å². The van der Waals surface area contributed by atoms with Crippen LogP contribution in [0.4, 0.5) is 0 Å². The molecule has 0 spiro atoms. The third-order valence-corrected chi connectivity index (χ3v) is 3.06. The highest BCUT2D eigenvalue weighted by molar-refractivity contribution is 7.99. The molecule has 0 amide bonds. The van der Waals surface area contributed by atoms with Crippen molar-refractivity contribution in [1.82, 2.24) is 15.2 Å². The van der Waals surface area contributed by atoms with E-state index in [0.29, 0.717) is 0 Å². The van der Waals surface area contributed by atoms with Crippen LogP contribution in [-0.4, -0.2) is 20.9 Å². The maximum absolute atomic E-state index is 4.34. The Kier molecular flexibility index (Phi) is 4.38. The molecule has 4 heteroatoms. The van der Waals surface area contributed by atoms with Gasteiger partial charge in [-0.25, -0.2) is 4.98 Å². The molecule has 2 aromatic rings. The summed E-state index contributed by atoms with van der Waals surface area (Å²) in [5.41, 5.74) is 1.22. The second-order valence-electron chi connectivity index (χ2n) is 3.54. The summed E-state index contributed by atoms with van der Waals surface area (Å²) in [6, 6.07) is 10.3. The molecule has 0 unspecified atom stereocenters. The number of hydrogen-bond acceptors (Lipinski definition) is 3. The van der Waals surface area contributed by atoms with Crippen molar-refractivity contribution < 1.29 is 0 Å². The van der Waals surface area contributed by atoms with Crippen molar-refractivity contribution >= 4 is 17.8 Å². The van der Waals surface area contributed by atoms with Crippen LogP contribution in [0.3, 0.4) is 0 Å². The minimum absolute atomic E-state index is 0.819. The van der Waals surface area contributed by atoms with Gasteiger partial charge >= 0.3 is 0 Å². The van der Waals surface area contributed by atoms with Gasteiger partial charge in [-0.2, -0.15) is 0 Å². The molecule has 0 bridgehead atoms. The first-order valence-corrected chi connectivity index (χ1v) is 6.62. The summed E-state index contributed by atoms with van der Waals surface area (Å²) in [6.07, 6.45) is 5.13. The molecule has 0 saturated carbocycles. The zero-order valence-corrected chi connectivity index (χ0v) is 10.6. The Morgan fingerprint density at radius 2 is 2.12 bits per heavy atom. The lowest BCUT2D eigenvalue weighted by atomic mass is 10.2. The number of benzene rings is 1. The van der Waals surface area contributed by atoms with Crippen molar-refractivity contribution in [3.05, 3.63) is 47.8 Å². The van der Waals surface area contributed by atoms with Crippen LogP contribution in [0.25, 0.3) is 6.08 Å². The van der Waals surface area contributed by atoms with Crippen molar-refractivity contribution in [1.29, 1.82) is 0 Å². The molecule has 0 aliphatic heterocycles. The van der Waals surface area contributed by atoms with Gasteiger partial charge < -0.3 is 0 Å². The number of H-pyrrole nitrogens is 1. The number of rotatable bonds is 5. The van der Waals surface area contributed by atoms with Gasteiger partial charge in [0.15, 0.2) is 0 Å². The van der Waals surface area contributed by atoms with Crippen molar-refractivity contribution in [2.45, 2.75) is 18.5 Å². The summed E-state index contributed by atoms with van der Waals surface area (Å²) < 4.78 is 0. The molecule has 0 saturated heterocycles. The maximum atomic E-state index is 4.34. The highest BCUT2D eigenvalue weighted by Crippen LogP contribution is 2.13. The molecular formula is C13H15N3S. The Bertz CT molecular complexity index is 476. The van der Waals surface area contributed by atoms with Gasteiger partial charge in [0.2, 0.25) is 5.16 Å². The monoisotopic (exact) mass is 245 g/mol. The summed E-state index contributed by atoms with van der Waals surface area (Å²) in [6.45, 7) is 2.06. The molecule has 0 aliphatic rings. The van der Waals surface area contributed by atoms with Crippen LogP contribution < -0.4 is 0 Å². The zero-order chi connectivity index (χ0) is 11.9. The summed E-state index contributed by atoms with van der Waals surface area (Å²) in [5.74, 6) is 1.83. The third kappa shape index (κ3) is 3.75. The Labute approximate surface area is 105 Å². The van der Waals surface area contributed by atoms with Crippen molar-refractivity contribution in [3.63, 3.8) is 0 Å². The van der Waals surface area contributed by atoms with Gasteiger partial charge in [0.05, 0.1) is 0 Å². The van der Waals surface area contributed by atoms with E-state index in [1.54, 1.807) is 11.8 Å². The summed E-state index contributed by atoms with van der Waals surface area (Å²) in [7, 11) is 0. The molecule has 0 fully saturated rings. The molecule has 0 radical (unpaired) electrons. The first-order valence-electron chi connectivity index (χ1n) is 5.64. The van der Waals surface area contributed by atoms with E-state index in [4.69, 9.17) is 0 Å². The minimum atomic E-state index is 0.819. The van der Waals surface area contributed by atoms with Crippen molar-refractivity contribution in [2.75, 3.05) is 5.75 Å². The number of aromatic amines is 1. The summed E-state index contributed by atoms with van der Waals surface area (Å²) in [4.78, 5) is 4.34. The van der Waals surface area contributed by atoms with Gasteiger partial charge in [0.1, 0.15) is 5.82 Å². The number of nitrogens with zero attached hydrogens (tertiary/aromatic N) is 2. The van der Waals surface area contributed by atoms with Crippen LogP contribution in [0, 0.1) is 0 Å². The van der Waals surface area contributed by atoms with Crippen LogP contribution in [0.1, 0.15) is 18.3 Å². The molecule has 1 aromatic heterocycles. The van der Waals surface area contributed by atoms with E-state index in [2.05, 4.69) is 46.4 Å². The van der Waals surface area contributed by atoms with Gasteiger partial charge in [0, 0.05) is 12.2 Å². The van der Waals surface area contributed by atoms with E-state index in [0.717, 1.165) is 23.2 Å². The lowest BCUT2D eigenvalue weighted by molar-refractivity contribution is 0.941. The van der Waals surface area contributed by atoms with E-state index in [9.17, 15) is 0 Å². The molecule has 88 valence electrons. The number of thioether (sulfide) groups is 1. The lowest BCUT2D eigenvalue weighted by Gasteiger charge is -1.91. The van der Waals surface area contributed by atoms with E-state index in [-0.39, 0.29) is 0 Å². The first-order chi connectivity index (χ1) is 8.38. The number of nitrogens with one attached hydrogen (secondary N) is 1. The quantitative estimate of drug-likeness (QED) is 0.823. The van der Waals surface area contributed by atoms with Crippen molar-refractivity contribution in [3.8, 4) is 0 Å². The maximum Gasteiger partial charge on any atom is 0.208 e. The molecule has 17 heavy (non-hydrogen) atoms. The molecule has 1 N–H and O–H groups in total. The normalized spacial score (nSPS) is 11.1. The smallest absolute Gasteiger partial charge is 0.208 e. The minimum Gasteiger partial charge on any atom is -0.262 e. The van der Waals surface area contributed by atoms with Gasteiger partial charge in [-0.3, -0.25) is 5.10 Å². The molecule has 1 heterocycles. The summed E-state index contributed by atoms with van der Waals surface area (Å²) >= 11 is 1.64. The van der Waals surface area contributed by atoms with Crippen LogP contribution in [0.2, 0.25) is 0 Å². The highest BCUT2D eigenvalue weighted by atomic mass is 32.2. The van der Waals surface area contributed by atoms with Gasteiger partial charge in [-0.1, -0.05) is 61.2 Å². The van der Waals surface area contributed by atoms with Crippen LogP contribution in [0.15, 0.2) is 41.6 Å². The topological polar surface area (TPSA) is 41.6 Å². The first kappa shape index (κ1) is 11.9. The van der Waals surface area contributed by atoms with E-state index in [1.165, 1.54) is 5.56 Å². The molecule has 0 atom stereocenters. The highest BCUT2D eigenvalue weighted by Gasteiger charge is 1.99. The molecular weight excluding hydrogens is 230 g/mol. The Hall–Kier alpha value is -1.55. The van der Waals surface area contributed by atoms with E-state index >= 15 is 0 Å².